The number of nitrogens with one attached hydrogen (secondary N) is 2. The van der Waals surface area contributed by atoms with Gasteiger partial charge < -0.3 is 15.2 Å². The number of sulfonamides is 1. The fourth-order valence-corrected chi connectivity index (χ4v) is 6.07. The highest BCUT2D eigenvalue weighted by atomic mass is 32.2. The van der Waals surface area contributed by atoms with Crippen LogP contribution in [-0.2, 0) is 10.0 Å². The number of amides is 1. The second-order valence-electron chi connectivity index (χ2n) is 9.17. The summed E-state index contributed by atoms with van der Waals surface area (Å²) in [5.74, 6) is 0.169. The first-order valence-corrected chi connectivity index (χ1v) is 13.3. The lowest BCUT2D eigenvalue weighted by atomic mass is 10.0. The molecule has 2 heterocycles. The number of carbonyl (C=O) groups excluding carboxylic acids is 1. The van der Waals surface area contributed by atoms with Crippen molar-refractivity contribution in [1.29, 1.82) is 0 Å². The molecule has 1 aromatic heterocycles. The van der Waals surface area contributed by atoms with Gasteiger partial charge in [0.05, 0.1) is 10.5 Å². The predicted molar refractivity (Wildman–Crippen MR) is 131 cm³/mol. The van der Waals surface area contributed by atoms with Gasteiger partial charge in [0.1, 0.15) is 0 Å². The first kappa shape index (κ1) is 25.4. The maximum Gasteiger partial charge on any atom is 0.252 e. The Morgan fingerprint density at radius 1 is 1.27 bits per heavy atom. The molecule has 9 heteroatoms. The van der Waals surface area contributed by atoms with Gasteiger partial charge in [-0.25, -0.2) is 8.42 Å². The minimum Gasteiger partial charge on any atom is -0.352 e. The summed E-state index contributed by atoms with van der Waals surface area (Å²) >= 11 is 0. The third-order valence-electron chi connectivity index (χ3n) is 6.39. The van der Waals surface area contributed by atoms with Crippen molar-refractivity contribution >= 4 is 26.8 Å². The minimum atomic E-state index is -3.68. The van der Waals surface area contributed by atoms with Gasteiger partial charge in [0.15, 0.2) is 0 Å². The van der Waals surface area contributed by atoms with Crippen LogP contribution in [0.3, 0.4) is 0 Å². The van der Waals surface area contributed by atoms with Crippen LogP contribution in [0.5, 0.6) is 0 Å². The highest BCUT2D eigenvalue weighted by molar-refractivity contribution is 7.89. The van der Waals surface area contributed by atoms with E-state index in [-0.39, 0.29) is 22.3 Å². The van der Waals surface area contributed by atoms with Crippen molar-refractivity contribution in [3.8, 4) is 0 Å². The molecule has 1 aromatic carbocycles. The Kier molecular flexibility index (Phi) is 8.31. The zero-order valence-corrected chi connectivity index (χ0v) is 20.9. The van der Waals surface area contributed by atoms with E-state index in [0.717, 1.165) is 32.5 Å². The lowest BCUT2D eigenvalue weighted by molar-refractivity contribution is 0.0946. The number of hydrogen-bond donors (Lipinski definition) is 2. The molecule has 182 valence electrons. The van der Waals surface area contributed by atoms with Gasteiger partial charge in [-0.1, -0.05) is 27.7 Å². The molecular weight excluding hydrogens is 440 g/mol. The van der Waals surface area contributed by atoms with Crippen molar-refractivity contribution in [2.75, 3.05) is 39.3 Å². The normalized spacial score (nSPS) is 18.5. The molecule has 1 aliphatic heterocycles. The van der Waals surface area contributed by atoms with Gasteiger partial charge in [0.2, 0.25) is 15.6 Å². The zero-order valence-electron chi connectivity index (χ0n) is 20.1. The number of fused-ring (bicyclic) bond motifs is 1. The average molecular weight is 477 g/mol. The number of hydrogen-bond acceptors (Lipinski definition) is 5. The Labute approximate surface area is 196 Å². The van der Waals surface area contributed by atoms with Gasteiger partial charge in [0, 0.05) is 43.1 Å². The molecule has 1 amide bonds. The summed E-state index contributed by atoms with van der Waals surface area (Å²) in [6.45, 7) is 12.5. The van der Waals surface area contributed by atoms with E-state index in [1.54, 1.807) is 6.07 Å². The summed E-state index contributed by atoms with van der Waals surface area (Å²) in [4.78, 5) is 30.3. The molecule has 1 saturated heterocycles. The third-order valence-corrected chi connectivity index (χ3v) is 8.25. The number of H-pyrrole nitrogens is 1. The average Bonchev–Trinajstić information content (AvgIpc) is 2.80. The van der Waals surface area contributed by atoms with E-state index in [1.807, 2.05) is 0 Å². The monoisotopic (exact) mass is 476 g/mol. The second kappa shape index (κ2) is 10.8. The maximum absolute atomic E-state index is 13.2. The van der Waals surface area contributed by atoms with Crippen molar-refractivity contribution in [2.24, 2.45) is 11.8 Å². The van der Waals surface area contributed by atoms with Crippen LogP contribution in [0.1, 0.15) is 50.9 Å². The minimum absolute atomic E-state index is 0.139. The fourth-order valence-electron chi connectivity index (χ4n) is 4.44. The largest absolute Gasteiger partial charge is 0.352 e. The molecule has 2 atom stereocenters. The quantitative estimate of drug-likeness (QED) is 0.579. The molecule has 0 spiro atoms. The van der Waals surface area contributed by atoms with E-state index in [9.17, 15) is 18.0 Å². The lowest BCUT2D eigenvalue weighted by Crippen LogP contribution is -2.39. The molecule has 2 N–H and O–H groups in total. The molecule has 0 saturated carbocycles. The van der Waals surface area contributed by atoms with E-state index in [1.165, 1.54) is 22.5 Å². The van der Waals surface area contributed by atoms with Gasteiger partial charge in [-0.3, -0.25) is 9.59 Å². The van der Waals surface area contributed by atoms with Crippen LogP contribution in [0.25, 0.3) is 10.9 Å². The number of benzene rings is 1. The number of piperidine rings is 1. The van der Waals surface area contributed by atoms with Crippen molar-refractivity contribution in [2.45, 2.75) is 45.4 Å². The first-order chi connectivity index (χ1) is 15.6. The number of aromatic nitrogens is 1. The summed E-state index contributed by atoms with van der Waals surface area (Å²) in [7, 11) is -3.68. The molecule has 0 aliphatic carbocycles. The van der Waals surface area contributed by atoms with Crippen molar-refractivity contribution in [1.82, 2.24) is 19.5 Å². The molecule has 0 radical (unpaired) electrons. The lowest BCUT2D eigenvalue weighted by Gasteiger charge is -2.30. The Bertz CT molecular complexity index is 1140. The molecule has 1 fully saturated rings. The number of carbonyl (C=O) groups is 1. The molecule has 8 nitrogen and oxygen atoms in total. The number of pyridine rings is 1. The zero-order chi connectivity index (χ0) is 24.2. The Morgan fingerprint density at radius 2 is 2.00 bits per heavy atom. The van der Waals surface area contributed by atoms with Gasteiger partial charge in [-0.15, -0.1) is 0 Å². The Hall–Kier alpha value is -2.23. The summed E-state index contributed by atoms with van der Waals surface area (Å²) in [5.41, 5.74) is 0.229. The van der Waals surface area contributed by atoms with Crippen LogP contribution in [-0.4, -0.2) is 67.8 Å². The molecular formula is C24H36N4O4S. The van der Waals surface area contributed by atoms with Crippen molar-refractivity contribution in [3.63, 3.8) is 0 Å². The van der Waals surface area contributed by atoms with Gasteiger partial charge in [-0.2, -0.15) is 4.31 Å². The first-order valence-electron chi connectivity index (χ1n) is 11.8. The van der Waals surface area contributed by atoms with Crippen LogP contribution < -0.4 is 10.9 Å². The Morgan fingerprint density at radius 3 is 2.67 bits per heavy atom. The standard InChI is InChI=1S/C24H36N4O4S/c1-5-27(6-2)15-18(4)14-25-24(30)21-13-23(29)26-22-10-9-19(12-20(21)22)33(31,32)28-11-7-8-17(3)16-28/h9-10,12-13,17-18H,5-8,11,14-16H2,1-4H3,(H,25,30)(H,26,29)/t17-,18-/m0/s1. The van der Waals surface area contributed by atoms with Crippen LogP contribution in [0.15, 0.2) is 34.0 Å². The molecule has 0 bridgehead atoms. The van der Waals surface area contributed by atoms with Crippen molar-refractivity contribution in [3.05, 3.63) is 40.2 Å². The summed E-state index contributed by atoms with van der Waals surface area (Å²) in [5, 5.41) is 3.35. The Balaban J connectivity index is 1.87. The number of aromatic amines is 1. The number of rotatable bonds is 9. The smallest absolute Gasteiger partial charge is 0.252 e. The van der Waals surface area contributed by atoms with E-state index in [0.29, 0.717) is 36.5 Å². The number of nitrogens with zero attached hydrogens (tertiary/aromatic N) is 2. The fraction of sp³-hybridized carbons (Fsp3) is 0.583. The van der Waals surface area contributed by atoms with Gasteiger partial charge >= 0.3 is 0 Å². The molecule has 2 aromatic rings. The summed E-state index contributed by atoms with van der Waals surface area (Å²) in [6, 6.07) is 5.82. The molecule has 0 unspecified atom stereocenters. The predicted octanol–water partition coefficient (Wildman–Crippen LogP) is 2.66. The van der Waals surface area contributed by atoms with Gasteiger partial charge in [-0.05, 0) is 56.0 Å². The van der Waals surface area contributed by atoms with E-state index in [4.69, 9.17) is 0 Å². The van der Waals surface area contributed by atoms with E-state index in [2.05, 4.69) is 42.9 Å². The van der Waals surface area contributed by atoms with Crippen LogP contribution >= 0.6 is 0 Å². The third kappa shape index (κ3) is 6.02. The van der Waals surface area contributed by atoms with Crippen LogP contribution in [0.4, 0.5) is 0 Å². The van der Waals surface area contributed by atoms with Crippen LogP contribution in [0, 0.1) is 11.8 Å². The maximum atomic E-state index is 13.2. The summed E-state index contributed by atoms with van der Waals surface area (Å²) in [6.07, 6.45) is 1.85. The topological polar surface area (TPSA) is 103 Å². The molecule has 1 aliphatic rings. The van der Waals surface area contributed by atoms with Crippen LogP contribution in [0.2, 0.25) is 0 Å². The van der Waals surface area contributed by atoms with E-state index < -0.39 is 15.6 Å². The van der Waals surface area contributed by atoms with Gasteiger partial charge in [0.25, 0.3) is 5.91 Å². The highest BCUT2D eigenvalue weighted by Crippen LogP contribution is 2.26. The molecule has 33 heavy (non-hydrogen) atoms. The van der Waals surface area contributed by atoms with Crippen molar-refractivity contribution < 1.29 is 13.2 Å². The SMILES string of the molecule is CCN(CC)C[C@@H](C)CNC(=O)c1cc(=O)[nH]c2ccc(S(=O)(=O)N3CCC[C@H](C)C3)cc12. The highest BCUT2D eigenvalue weighted by Gasteiger charge is 2.29. The van der Waals surface area contributed by atoms with E-state index >= 15 is 0 Å². The molecule has 3 rings (SSSR count). The second-order valence-corrected chi connectivity index (χ2v) is 11.1. The summed E-state index contributed by atoms with van der Waals surface area (Å²) < 4.78 is 28.0.